The average Bonchev–Trinajstić information content (AvgIpc) is 2.04. The summed E-state index contributed by atoms with van der Waals surface area (Å²) in [5.74, 6) is 0. The van der Waals surface area contributed by atoms with Crippen LogP contribution in [0.1, 0.15) is 27.2 Å². The lowest BCUT2D eigenvalue weighted by molar-refractivity contribution is -0.143. The highest BCUT2D eigenvalue weighted by molar-refractivity contribution is 6.74. The Bertz CT molecular complexity index is 280. The van der Waals surface area contributed by atoms with E-state index in [0.717, 1.165) is 0 Å². The van der Waals surface area contributed by atoms with E-state index in [1.165, 1.54) is 0 Å². The van der Waals surface area contributed by atoms with Crippen molar-refractivity contribution in [1.29, 1.82) is 0 Å². The zero-order valence-electron chi connectivity index (χ0n) is 11.9. The molecular formula is C12H24F3NOSi. The SMILES string of the molecule is CC(C)(C)[Si](C)(C)OC1CN(CCC(F)(F)F)C1. The first-order valence-electron chi connectivity index (χ1n) is 6.38. The lowest BCUT2D eigenvalue weighted by atomic mass is 10.1. The van der Waals surface area contributed by atoms with Crippen LogP contribution in [0.15, 0.2) is 0 Å². The van der Waals surface area contributed by atoms with E-state index in [2.05, 4.69) is 33.9 Å². The van der Waals surface area contributed by atoms with Crippen LogP contribution in [0.5, 0.6) is 0 Å². The summed E-state index contributed by atoms with van der Waals surface area (Å²) in [5.41, 5.74) is 0. The van der Waals surface area contributed by atoms with Crippen molar-refractivity contribution in [2.24, 2.45) is 0 Å². The Morgan fingerprint density at radius 3 is 2.06 bits per heavy atom. The van der Waals surface area contributed by atoms with Crippen LogP contribution >= 0.6 is 0 Å². The highest BCUT2D eigenvalue weighted by atomic mass is 28.4. The number of hydrogen-bond donors (Lipinski definition) is 0. The van der Waals surface area contributed by atoms with E-state index in [0.29, 0.717) is 13.1 Å². The molecule has 1 rings (SSSR count). The zero-order chi connectivity index (χ0) is 14.2. The molecule has 0 aromatic heterocycles. The molecule has 1 aliphatic rings. The average molecular weight is 283 g/mol. The molecule has 0 spiro atoms. The van der Waals surface area contributed by atoms with Crippen LogP contribution in [0.25, 0.3) is 0 Å². The van der Waals surface area contributed by atoms with E-state index in [1.54, 1.807) is 0 Å². The molecule has 1 saturated heterocycles. The maximum atomic E-state index is 12.0. The van der Waals surface area contributed by atoms with Crippen molar-refractivity contribution in [1.82, 2.24) is 4.90 Å². The third-order valence-corrected chi connectivity index (χ3v) is 8.44. The molecule has 0 saturated carbocycles. The highest BCUT2D eigenvalue weighted by Crippen LogP contribution is 2.38. The summed E-state index contributed by atoms with van der Waals surface area (Å²) in [6, 6.07) is 0. The highest BCUT2D eigenvalue weighted by Gasteiger charge is 2.42. The summed E-state index contributed by atoms with van der Waals surface area (Å²) in [6.07, 6.45) is -4.65. The quantitative estimate of drug-likeness (QED) is 0.730. The van der Waals surface area contributed by atoms with Gasteiger partial charge in [-0.1, -0.05) is 20.8 Å². The maximum absolute atomic E-state index is 12.0. The third-order valence-electron chi connectivity index (χ3n) is 3.90. The molecule has 0 aliphatic carbocycles. The smallest absolute Gasteiger partial charge is 0.390 e. The minimum absolute atomic E-state index is 0.0981. The van der Waals surface area contributed by atoms with Gasteiger partial charge in [0.15, 0.2) is 8.32 Å². The Balaban J connectivity index is 2.27. The molecule has 0 bridgehead atoms. The van der Waals surface area contributed by atoms with Crippen LogP contribution in [0.3, 0.4) is 0 Å². The topological polar surface area (TPSA) is 12.5 Å². The Morgan fingerprint density at radius 1 is 1.17 bits per heavy atom. The summed E-state index contributed by atoms with van der Waals surface area (Å²) >= 11 is 0. The maximum Gasteiger partial charge on any atom is 0.390 e. The van der Waals surface area contributed by atoms with Gasteiger partial charge >= 0.3 is 6.18 Å². The largest absolute Gasteiger partial charge is 0.411 e. The van der Waals surface area contributed by atoms with Gasteiger partial charge in [0, 0.05) is 19.6 Å². The molecule has 0 aromatic carbocycles. The van der Waals surface area contributed by atoms with Gasteiger partial charge in [0.2, 0.25) is 0 Å². The monoisotopic (exact) mass is 283 g/mol. The second-order valence-electron chi connectivity index (χ2n) is 6.62. The normalized spacial score (nSPS) is 20.0. The second kappa shape index (κ2) is 5.13. The number of nitrogens with zero attached hydrogens (tertiary/aromatic N) is 1. The van der Waals surface area contributed by atoms with E-state index >= 15 is 0 Å². The van der Waals surface area contributed by atoms with Gasteiger partial charge in [-0.15, -0.1) is 0 Å². The first kappa shape index (κ1) is 16.0. The van der Waals surface area contributed by atoms with E-state index in [9.17, 15) is 13.2 Å². The summed E-state index contributed by atoms with van der Waals surface area (Å²) in [5, 5.41) is 0.152. The molecule has 108 valence electrons. The molecule has 6 heteroatoms. The third kappa shape index (κ3) is 4.55. The van der Waals surface area contributed by atoms with Crippen LogP contribution < -0.4 is 0 Å². The van der Waals surface area contributed by atoms with Crippen LogP contribution in [0.2, 0.25) is 18.1 Å². The molecule has 0 N–H and O–H groups in total. The predicted octanol–water partition coefficient (Wildman–Crippen LogP) is 3.64. The molecule has 0 atom stereocenters. The van der Waals surface area contributed by atoms with E-state index in [4.69, 9.17) is 4.43 Å². The molecule has 0 radical (unpaired) electrons. The number of alkyl halides is 3. The van der Waals surface area contributed by atoms with Gasteiger partial charge in [-0.3, -0.25) is 4.90 Å². The van der Waals surface area contributed by atoms with Crippen molar-refractivity contribution in [2.75, 3.05) is 19.6 Å². The Kier molecular flexibility index (Phi) is 4.56. The minimum Gasteiger partial charge on any atom is -0.411 e. The minimum atomic E-state index is -4.05. The molecule has 0 amide bonds. The number of halogens is 3. The summed E-state index contributed by atoms with van der Waals surface area (Å²) in [6.45, 7) is 12.2. The first-order chi connectivity index (χ1) is 7.91. The van der Waals surface area contributed by atoms with Gasteiger partial charge in [-0.25, -0.2) is 0 Å². The second-order valence-corrected chi connectivity index (χ2v) is 11.4. The van der Waals surface area contributed by atoms with Gasteiger partial charge < -0.3 is 4.43 Å². The van der Waals surface area contributed by atoms with Crippen LogP contribution in [-0.2, 0) is 4.43 Å². The van der Waals surface area contributed by atoms with Gasteiger partial charge in [-0.2, -0.15) is 13.2 Å². The Hall–Kier alpha value is -0.0731. The molecule has 1 fully saturated rings. The fourth-order valence-corrected chi connectivity index (χ4v) is 2.99. The van der Waals surface area contributed by atoms with Crippen molar-refractivity contribution in [3.63, 3.8) is 0 Å². The standard InChI is InChI=1S/C12H24F3NOSi/c1-11(2,3)18(4,5)17-10-8-16(9-10)7-6-12(13,14)15/h10H,6-9H2,1-5H3. The van der Waals surface area contributed by atoms with E-state index in [1.807, 2.05) is 4.90 Å². The van der Waals surface area contributed by atoms with E-state index < -0.39 is 20.9 Å². The van der Waals surface area contributed by atoms with Gasteiger partial charge in [0.1, 0.15) is 0 Å². The van der Waals surface area contributed by atoms with E-state index in [-0.39, 0.29) is 17.7 Å². The lowest BCUT2D eigenvalue weighted by Crippen LogP contribution is -2.58. The van der Waals surface area contributed by atoms with Crippen LogP contribution in [-0.4, -0.2) is 45.1 Å². The van der Waals surface area contributed by atoms with Gasteiger partial charge in [0.25, 0.3) is 0 Å². The zero-order valence-corrected chi connectivity index (χ0v) is 12.9. The molecule has 18 heavy (non-hydrogen) atoms. The Labute approximate surface area is 109 Å². The van der Waals surface area contributed by atoms with Crippen molar-refractivity contribution in [2.45, 2.75) is 57.6 Å². The molecular weight excluding hydrogens is 259 g/mol. The Morgan fingerprint density at radius 2 is 1.67 bits per heavy atom. The summed E-state index contributed by atoms with van der Waals surface area (Å²) in [4.78, 5) is 1.81. The molecule has 2 nitrogen and oxygen atoms in total. The summed E-state index contributed by atoms with van der Waals surface area (Å²) < 4.78 is 42.3. The van der Waals surface area contributed by atoms with Crippen LogP contribution in [0, 0.1) is 0 Å². The molecule has 0 unspecified atom stereocenters. The number of likely N-dealkylation sites (tertiary alicyclic amines) is 1. The van der Waals surface area contributed by atoms with Crippen molar-refractivity contribution in [3.8, 4) is 0 Å². The van der Waals surface area contributed by atoms with Crippen molar-refractivity contribution in [3.05, 3.63) is 0 Å². The van der Waals surface area contributed by atoms with Crippen molar-refractivity contribution >= 4 is 8.32 Å². The summed E-state index contributed by atoms with van der Waals surface area (Å²) in [7, 11) is -1.78. The lowest BCUT2D eigenvalue weighted by Gasteiger charge is -2.46. The van der Waals surface area contributed by atoms with Crippen molar-refractivity contribution < 1.29 is 17.6 Å². The first-order valence-corrected chi connectivity index (χ1v) is 9.28. The molecule has 1 aliphatic heterocycles. The van der Waals surface area contributed by atoms with Gasteiger partial charge in [0.05, 0.1) is 12.5 Å². The predicted molar refractivity (Wildman–Crippen MR) is 69.2 cm³/mol. The number of rotatable bonds is 4. The molecule has 1 heterocycles. The molecule has 0 aromatic rings. The number of hydrogen-bond acceptors (Lipinski definition) is 2. The fourth-order valence-electron chi connectivity index (χ4n) is 1.66. The fraction of sp³-hybridized carbons (Fsp3) is 1.00. The van der Waals surface area contributed by atoms with Gasteiger partial charge in [-0.05, 0) is 18.1 Å². The van der Waals surface area contributed by atoms with Crippen LogP contribution in [0.4, 0.5) is 13.2 Å².